The van der Waals surface area contributed by atoms with Crippen LogP contribution in [0.2, 0.25) is 0 Å². The molecule has 0 aromatic carbocycles. The summed E-state index contributed by atoms with van der Waals surface area (Å²) in [5.41, 5.74) is 0. The normalized spacial score (nSPS) is 11.1. The van der Waals surface area contributed by atoms with E-state index in [0.717, 1.165) is 12.8 Å². The quantitative estimate of drug-likeness (QED) is 0.487. The molecule has 0 saturated carbocycles. The molecule has 0 aliphatic heterocycles. The maximum Gasteiger partial charge on any atom is 0.222 e. The smallest absolute Gasteiger partial charge is 0.222 e. The van der Waals surface area contributed by atoms with Crippen LogP contribution in [-0.2, 0) is 14.3 Å². The Labute approximate surface area is 98.7 Å². The predicted molar refractivity (Wildman–Crippen MR) is 64.1 cm³/mol. The summed E-state index contributed by atoms with van der Waals surface area (Å²) in [6, 6.07) is 0. The Hall–Kier alpha value is -0.610. The molecular weight excluding hydrogens is 206 g/mol. The topological polar surface area (TPSA) is 47.6 Å². The van der Waals surface area contributed by atoms with E-state index in [4.69, 9.17) is 9.47 Å². The molecule has 96 valence electrons. The molecule has 0 radical (unpaired) electrons. The number of hydrogen-bond acceptors (Lipinski definition) is 3. The van der Waals surface area contributed by atoms with Crippen LogP contribution < -0.4 is 5.32 Å². The summed E-state index contributed by atoms with van der Waals surface area (Å²) in [5, 5.41) is 2.87. The van der Waals surface area contributed by atoms with Crippen molar-refractivity contribution in [2.75, 3.05) is 19.8 Å². The van der Waals surface area contributed by atoms with Crippen molar-refractivity contribution >= 4 is 5.91 Å². The van der Waals surface area contributed by atoms with Crippen LogP contribution in [0.4, 0.5) is 0 Å². The van der Waals surface area contributed by atoms with Crippen molar-refractivity contribution in [3.63, 3.8) is 0 Å². The molecule has 4 nitrogen and oxygen atoms in total. The number of nitrogens with one attached hydrogen (secondary N) is 1. The molecule has 0 bridgehead atoms. The summed E-state index contributed by atoms with van der Waals surface area (Å²) >= 11 is 0. The van der Waals surface area contributed by atoms with E-state index in [9.17, 15) is 4.79 Å². The predicted octanol–water partition coefficient (Wildman–Crippen LogP) is 1.94. The van der Waals surface area contributed by atoms with Crippen molar-refractivity contribution in [1.82, 2.24) is 5.32 Å². The van der Waals surface area contributed by atoms with Crippen LogP contribution in [0.25, 0.3) is 0 Å². The monoisotopic (exact) mass is 231 g/mol. The van der Waals surface area contributed by atoms with Gasteiger partial charge in [0.25, 0.3) is 0 Å². The highest BCUT2D eigenvalue weighted by molar-refractivity contribution is 5.77. The van der Waals surface area contributed by atoms with Gasteiger partial charge in [0.2, 0.25) is 5.91 Å². The molecule has 0 aliphatic carbocycles. The Morgan fingerprint density at radius 1 is 1.19 bits per heavy atom. The molecule has 0 heterocycles. The Kier molecular flexibility index (Phi) is 9.24. The van der Waals surface area contributed by atoms with E-state index in [1.807, 2.05) is 27.7 Å². The van der Waals surface area contributed by atoms with Gasteiger partial charge < -0.3 is 14.8 Å². The second-order valence-corrected chi connectivity index (χ2v) is 3.93. The minimum absolute atomic E-state index is 0.0505. The molecule has 0 unspecified atom stereocenters. The maximum absolute atomic E-state index is 11.3. The van der Waals surface area contributed by atoms with Gasteiger partial charge in [-0.3, -0.25) is 4.79 Å². The van der Waals surface area contributed by atoms with Crippen LogP contribution in [-0.4, -0.2) is 32.0 Å². The number of carbonyl (C=O) groups is 1. The number of rotatable bonds is 9. The molecule has 0 saturated heterocycles. The van der Waals surface area contributed by atoms with Gasteiger partial charge in [-0.05, 0) is 20.3 Å². The van der Waals surface area contributed by atoms with Crippen LogP contribution in [0, 0.1) is 5.92 Å². The first-order valence-electron chi connectivity index (χ1n) is 6.12. The SMILES string of the molecule is CCOC(CCCNC(=O)C(C)C)OCC. The zero-order chi connectivity index (χ0) is 12.4. The van der Waals surface area contributed by atoms with Crippen LogP contribution in [0.5, 0.6) is 0 Å². The van der Waals surface area contributed by atoms with E-state index in [0.29, 0.717) is 19.8 Å². The Morgan fingerprint density at radius 2 is 1.75 bits per heavy atom. The molecule has 4 heteroatoms. The lowest BCUT2D eigenvalue weighted by Gasteiger charge is -2.16. The van der Waals surface area contributed by atoms with E-state index >= 15 is 0 Å². The summed E-state index contributed by atoms with van der Waals surface area (Å²) in [5.74, 6) is 0.152. The van der Waals surface area contributed by atoms with E-state index in [1.54, 1.807) is 0 Å². The van der Waals surface area contributed by atoms with Crippen LogP contribution >= 0.6 is 0 Å². The highest BCUT2D eigenvalue weighted by Gasteiger charge is 2.09. The summed E-state index contributed by atoms with van der Waals surface area (Å²) in [4.78, 5) is 11.3. The molecular formula is C12H25NO3. The average Bonchev–Trinajstić information content (AvgIpc) is 2.24. The Morgan fingerprint density at radius 3 is 2.19 bits per heavy atom. The standard InChI is InChI=1S/C12H25NO3/c1-5-15-11(16-6-2)8-7-9-13-12(14)10(3)4/h10-11H,5-9H2,1-4H3,(H,13,14). The largest absolute Gasteiger partial charge is 0.356 e. The molecule has 0 rings (SSSR count). The van der Waals surface area contributed by atoms with E-state index in [2.05, 4.69) is 5.32 Å². The van der Waals surface area contributed by atoms with Gasteiger partial charge in [-0.25, -0.2) is 0 Å². The summed E-state index contributed by atoms with van der Waals surface area (Å²) < 4.78 is 10.8. The zero-order valence-electron chi connectivity index (χ0n) is 10.9. The molecule has 0 aliphatic rings. The molecule has 0 aromatic heterocycles. The van der Waals surface area contributed by atoms with Gasteiger partial charge in [0, 0.05) is 32.1 Å². The van der Waals surface area contributed by atoms with Gasteiger partial charge in [-0.15, -0.1) is 0 Å². The van der Waals surface area contributed by atoms with Gasteiger partial charge in [-0.1, -0.05) is 13.8 Å². The zero-order valence-corrected chi connectivity index (χ0v) is 10.9. The molecule has 16 heavy (non-hydrogen) atoms. The van der Waals surface area contributed by atoms with Crippen LogP contribution in [0.15, 0.2) is 0 Å². The molecule has 0 spiro atoms. The molecule has 0 fully saturated rings. The fraction of sp³-hybridized carbons (Fsp3) is 0.917. The number of amides is 1. The number of ether oxygens (including phenoxy) is 2. The van der Waals surface area contributed by atoms with Crippen molar-refractivity contribution < 1.29 is 14.3 Å². The molecule has 0 aromatic rings. The first-order chi connectivity index (χ1) is 7.61. The summed E-state index contributed by atoms with van der Waals surface area (Å²) in [7, 11) is 0. The fourth-order valence-electron chi connectivity index (χ4n) is 1.27. The lowest BCUT2D eigenvalue weighted by molar-refractivity contribution is -0.140. The van der Waals surface area contributed by atoms with Gasteiger partial charge in [0.1, 0.15) is 0 Å². The van der Waals surface area contributed by atoms with Gasteiger partial charge in [0.05, 0.1) is 0 Å². The number of hydrogen-bond donors (Lipinski definition) is 1. The highest BCUT2D eigenvalue weighted by Crippen LogP contribution is 2.04. The lowest BCUT2D eigenvalue weighted by Crippen LogP contribution is -2.29. The van der Waals surface area contributed by atoms with E-state index < -0.39 is 0 Å². The van der Waals surface area contributed by atoms with E-state index in [-0.39, 0.29) is 18.1 Å². The van der Waals surface area contributed by atoms with Crippen LogP contribution in [0.3, 0.4) is 0 Å². The second-order valence-electron chi connectivity index (χ2n) is 3.93. The maximum atomic E-state index is 11.3. The van der Waals surface area contributed by atoms with Crippen molar-refractivity contribution in [1.29, 1.82) is 0 Å². The first kappa shape index (κ1) is 15.4. The summed E-state index contributed by atoms with van der Waals surface area (Å²) in [6.07, 6.45) is 1.56. The van der Waals surface area contributed by atoms with Crippen molar-refractivity contribution in [2.45, 2.75) is 46.8 Å². The fourth-order valence-corrected chi connectivity index (χ4v) is 1.27. The lowest BCUT2D eigenvalue weighted by atomic mass is 10.2. The third-order valence-corrected chi connectivity index (χ3v) is 2.15. The average molecular weight is 231 g/mol. The minimum atomic E-state index is -0.133. The molecule has 0 atom stereocenters. The third kappa shape index (κ3) is 7.65. The van der Waals surface area contributed by atoms with Crippen molar-refractivity contribution in [3.8, 4) is 0 Å². The Bertz CT molecular complexity index is 177. The van der Waals surface area contributed by atoms with Gasteiger partial charge in [0.15, 0.2) is 6.29 Å². The Balaban J connectivity index is 3.57. The van der Waals surface area contributed by atoms with Crippen molar-refractivity contribution in [2.24, 2.45) is 5.92 Å². The van der Waals surface area contributed by atoms with Crippen molar-refractivity contribution in [3.05, 3.63) is 0 Å². The first-order valence-corrected chi connectivity index (χ1v) is 6.12. The van der Waals surface area contributed by atoms with Gasteiger partial charge in [-0.2, -0.15) is 0 Å². The molecule has 1 amide bonds. The van der Waals surface area contributed by atoms with Crippen LogP contribution in [0.1, 0.15) is 40.5 Å². The minimum Gasteiger partial charge on any atom is -0.356 e. The van der Waals surface area contributed by atoms with E-state index in [1.165, 1.54) is 0 Å². The third-order valence-electron chi connectivity index (χ3n) is 2.15. The summed E-state index contributed by atoms with van der Waals surface area (Å²) in [6.45, 7) is 9.68. The molecule has 1 N–H and O–H groups in total. The van der Waals surface area contributed by atoms with Gasteiger partial charge >= 0.3 is 0 Å². The highest BCUT2D eigenvalue weighted by atomic mass is 16.7. The number of carbonyl (C=O) groups excluding carboxylic acids is 1. The second kappa shape index (κ2) is 9.60.